The van der Waals surface area contributed by atoms with E-state index >= 15 is 0 Å². The molecule has 1 fully saturated rings. The van der Waals surface area contributed by atoms with Crippen molar-refractivity contribution in [3.8, 4) is 0 Å². The molecule has 0 spiro atoms. The third-order valence-corrected chi connectivity index (χ3v) is 4.37. The topological polar surface area (TPSA) is 29.9 Å². The van der Waals surface area contributed by atoms with E-state index < -0.39 is 0 Å². The smallest absolute Gasteiger partial charge is 0.0537 e. The van der Waals surface area contributed by atoms with Gasteiger partial charge in [-0.3, -0.25) is 4.68 Å². The van der Waals surface area contributed by atoms with Crippen molar-refractivity contribution in [3.05, 3.63) is 17.5 Å². The number of nitrogens with zero attached hydrogens (tertiary/aromatic N) is 2. The van der Waals surface area contributed by atoms with Gasteiger partial charge < -0.3 is 5.32 Å². The normalized spacial score (nSPS) is 17.6. The summed E-state index contributed by atoms with van der Waals surface area (Å²) in [5, 5.41) is 8.28. The van der Waals surface area contributed by atoms with Gasteiger partial charge in [0.2, 0.25) is 0 Å². The van der Waals surface area contributed by atoms with Crippen LogP contribution in [0.4, 0.5) is 0 Å². The van der Waals surface area contributed by atoms with Crippen LogP contribution in [0, 0.1) is 0 Å². The van der Waals surface area contributed by atoms with Gasteiger partial charge in [0, 0.05) is 17.8 Å². The first kappa shape index (κ1) is 15.6. The van der Waals surface area contributed by atoms with Crippen LogP contribution < -0.4 is 5.32 Å². The Balaban J connectivity index is 2.14. The molecule has 0 saturated heterocycles. The van der Waals surface area contributed by atoms with Gasteiger partial charge in [0.25, 0.3) is 0 Å². The van der Waals surface area contributed by atoms with Crippen LogP contribution in [0.25, 0.3) is 0 Å². The molecule has 0 radical (unpaired) electrons. The van der Waals surface area contributed by atoms with Gasteiger partial charge in [0.1, 0.15) is 0 Å². The van der Waals surface area contributed by atoms with Gasteiger partial charge in [-0.15, -0.1) is 0 Å². The monoisotopic (exact) mass is 277 g/mol. The Kier molecular flexibility index (Phi) is 6.08. The van der Waals surface area contributed by atoms with Gasteiger partial charge in [-0.1, -0.05) is 46.5 Å². The van der Waals surface area contributed by atoms with Gasteiger partial charge in [-0.2, -0.15) is 5.10 Å². The van der Waals surface area contributed by atoms with Crippen molar-refractivity contribution >= 4 is 0 Å². The second-order valence-corrected chi connectivity index (χ2v) is 6.48. The van der Waals surface area contributed by atoms with Crippen LogP contribution >= 0.6 is 0 Å². The molecule has 3 heteroatoms. The molecule has 1 aliphatic carbocycles. The van der Waals surface area contributed by atoms with Crippen molar-refractivity contribution in [1.82, 2.24) is 15.1 Å². The Morgan fingerprint density at radius 2 is 1.95 bits per heavy atom. The number of hydrogen-bond donors (Lipinski definition) is 1. The molecule has 2 rings (SSSR count). The van der Waals surface area contributed by atoms with Crippen molar-refractivity contribution in [2.75, 3.05) is 6.54 Å². The first-order chi connectivity index (χ1) is 9.74. The lowest BCUT2D eigenvalue weighted by Crippen LogP contribution is -2.18. The predicted molar refractivity (Wildman–Crippen MR) is 85.1 cm³/mol. The molecule has 0 aromatic carbocycles. The highest BCUT2D eigenvalue weighted by Gasteiger charge is 2.21. The maximum atomic E-state index is 4.76. The Bertz CT molecular complexity index is 387. The lowest BCUT2D eigenvalue weighted by molar-refractivity contribution is 0.387. The summed E-state index contributed by atoms with van der Waals surface area (Å²) in [7, 11) is 0. The van der Waals surface area contributed by atoms with Crippen molar-refractivity contribution in [2.24, 2.45) is 0 Å². The molecular weight excluding hydrogens is 246 g/mol. The van der Waals surface area contributed by atoms with E-state index in [1.54, 1.807) is 0 Å². The maximum Gasteiger partial charge on any atom is 0.0537 e. The number of hydrogen-bond acceptors (Lipinski definition) is 2. The first-order valence-corrected chi connectivity index (χ1v) is 8.51. The number of nitrogens with one attached hydrogen (secondary N) is 1. The second kappa shape index (κ2) is 7.82. The highest BCUT2D eigenvalue weighted by molar-refractivity contribution is 5.21. The van der Waals surface area contributed by atoms with Crippen LogP contribution in [0.3, 0.4) is 0 Å². The zero-order chi connectivity index (χ0) is 14.4. The van der Waals surface area contributed by atoms with Crippen LogP contribution in [0.2, 0.25) is 0 Å². The fraction of sp³-hybridized carbons (Fsp3) is 0.824. The van der Waals surface area contributed by atoms with Crippen molar-refractivity contribution < 1.29 is 0 Å². The highest BCUT2D eigenvalue weighted by atomic mass is 15.3. The highest BCUT2D eigenvalue weighted by Crippen LogP contribution is 2.31. The summed E-state index contributed by atoms with van der Waals surface area (Å²) in [6.07, 6.45) is 11.4. The average molecular weight is 277 g/mol. The van der Waals surface area contributed by atoms with E-state index in [2.05, 4.69) is 37.0 Å². The molecule has 0 bridgehead atoms. The fourth-order valence-corrected chi connectivity index (χ4v) is 3.37. The lowest BCUT2D eigenvalue weighted by Gasteiger charge is -2.21. The van der Waals surface area contributed by atoms with Crippen LogP contribution in [0.1, 0.15) is 88.9 Å². The minimum atomic E-state index is 0.555. The van der Waals surface area contributed by atoms with Gasteiger partial charge >= 0.3 is 0 Å². The molecule has 1 aliphatic rings. The largest absolute Gasteiger partial charge is 0.313 e. The third kappa shape index (κ3) is 3.85. The standard InChI is InChI=1S/C17H31N3/c1-4-11-18-12-15-13-19-20(17(15)14(2)3)16-9-7-5-6-8-10-16/h13-14,16,18H,4-12H2,1-3H3. The van der Waals surface area contributed by atoms with Gasteiger partial charge in [-0.05, 0) is 31.7 Å². The summed E-state index contributed by atoms with van der Waals surface area (Å²) in [5.41, 5.74) is 2.86. The Hall–Kier alpha value is -0.830. The maximum absolute atomic E-state index is 4.76. The summed E-state index contributed by atoms with van der Waals surface area (Å²) >= 11 is 0. The summed E-state index contributed by atoms with van der Waals surface area (Å²) in [5.74, 6) is 0.555. The molecule has 0 atom stereocenters. The van der Waals surface area contributed by atoms with Crippen molar-refractivity contribution in [2.45, 2.75) is 84.2 Å². The van der Waals surface area contributed by atoms with Gasteiger partial charge in [-0.25, -0.2) is 0 Å². The molecular formula is C17H31N3. The summed E-state index contributed by atoms with van der Waals surface area (Å²) in [6, 6.07) is 0.634. The molecule has 1 saturated carbocycles. The number of aromatic nitrogens is 2. The quantitative estimate of drug-likeness (QED) is 0.617. The molecule has 1 aromatic heterocycles. The minimum absolute atomic E-state index is 0.555. The molecule has 1 N–H and O–H groups in total. The Morgan fingerprint density at radius 1 is 1.25 bits per heavy atom. The Morgan fingerprint density at radius 3 is 2.55 bits per heavy atom. The van der Waals surface area contributed by atoms with E-state index in [9.17, 15) is 0 Å². The molecule has 1 aromatic rings. The van der Waals surface area contributed by atoms with Crippen LogP contribution in [-0.2, 0) is 6.54 Å². The molecule has 0 amide bonds. The zero-order valence-electron chi connectivity index (χ0n) is 13.5. The van der Waals surface area contributed by atoms with E-state index in [1.165, 1.54) is 56.2 Å². The van der Waals surface area contributed by atoms with Crippen LogP contribution in [-0.4, -0.2) is 16.3 Å². The third-order valence-electron chi connectivity index (χ3n) is 4.37. The summed E-state index contributed by atoms with van der Waals surface area (Å²) < 4.78 is 2.36. The molecule has 20 heavy (non-hydrogen) atoms. The predicted octanol–water partition coefficient (Wildman–Crippen LogP) is 4.40. The van der Waals surface area contributed by atoms with E-state index in [1.807, 2.05) is 0 Å². The van der Waals surface area contributed by atoms with E-state index in [0.717, 1.165) is 13.1 Å². The fourth-order valence-electron chi connectivity index (χ4n) is 3.37. The van der Waals surface area contributed by atoms with Gasteiger partial charge in [0.15, 0.2) is 0 Å². The molecule has 0 unspecified atom stereocenters. The van der Waals surface area contributed by atoms with Crippen LogP contribution in [0.5, 0.6) is 0 Å². The minimum Gasteiger partial charge on any atom is -0.313 e. The number of rotatable bonds is 6. The van der Waals surface area contributed by atoms with Crippen LogP contribution in [0.15, 0.2) is 6.20 Å². The lowest BCUT2D eigenvalue weighted by atomic mass is 10.0. The van der Waals surface area contributed by atoms with E-state index in [4.69, 9.17) is 5.10 Å². The SMILES string of the molecule is CCCNCc1cnn(C2CCCCCC2)c1C(C)C. The average Bonchev–Trinajstić information content (AvgIpc) is 2.67. The summed E-state index contributed by atoms with van der Waals surface area (Å²) in [6.45, 7) is 8.87. The first-order valence-electron chi connectivity index (χ1n) is 8.51. The van der Waals surface area contributed by atoms with Gasteiger partial charge in [0.05, 0.1) is 12.2 Å². The van der Waals surface area contributed by atoms with E-state index in [-0.39, 0.29) is 0 Å². The van der Waals surface area contributed by atoms with Crippen molar-refractivity contribution in [3.63, 3.8) is 0 Å². The summed E-state index contributed by atoms with van der Waals surface area (Å²) in [4.78, 5) is 0. The molecule has 114 valence electrons. The van der Waals surface area contributed by atoms with E-state index in [0.29, 0.717) is 12.0 Å². The molecule has 0 aliphatic heterocycles. The zero-order valence-corrected chi connectivity index (χ0v) is 13.5. The molecule has 1 heterocycles. The molecule has 3 nitrogen and oxygen atoms in total. The second-order valence-electron chi connectivity index (χ2n) is 6.48. The van der Waals surface area contributed by atoms with Crippen molar-refractivity contribution in [1.29, 1.82) is 0 Å². The Labute approximate surface area is 124 Å².